The van der Waals surface area contributed by atoms with Crippen molar-refractivity contribution in [2.75, 3.05) is 13.1 Å². The lowest BCUT2D eigenvalue weighted by atomic mass is 9.97. The standard InChI is InChI=1S/C23H25ClN4O3S/c24-22-4-2-1-3-20(22)16-32(30,31)28-12-9-19(10-13-28)23(29)26-15-18-5-7-21(8-6-18)27-14-11-25-17-27/h1-8,11,14,17,19H,9-10,12-13,15-16H2,(H,26,29). The molecule has 0 unspecified atom stereocenters. The third-order valence-corrected chi connectivity index (χ3v) is 7.92. The van der Waals surface area contributed by atoms with Crippen LogP contribution in [0.1, 0.15) is 24.0 Å². The van der Waals surface area contributed by atoms with E-state index >= 15 is 0 Å². The van der Waals surface area contributed by atoms with E-state index in [4.69, 9.17) is 11.6 Å². The Bertz CT molecular complexity index is 1160. The van der Waals surface area contributed by atoms with Gasteiger partial charge in [-0.15, -0.1) is 0 Å². The molecule has 1 N–H and O–H groups in total. The van der Waals surface area contributed by atoms with E-state index in [9.17, 15) is 13.2 Å². The molecule has 7 nitrogen and oxygen atoms in total. The quantitative estimate of drug-likeness (QED) is 0.571. The third kappa shape index (κ3) is 5.38. The molecule has 1 aliphatic heterocycles. The van der Waals surface area contributed by atoms with Crippen LogP contribution < -0.4 is 5.32 Å². The molecule has 1 fully saturated rings. The molecule has 0 radical (unpaired) electrons. The molecular weight excluding hydrogens is 448 g/mol. The van der Waals surface area contributed by atoms with E-state index < -0.39 is 10.0 Å². The Hall–Kier alpha value is -2.68. The number of imidazole rings is 1. The van der Waals surface area contributed by atoms with Crippen molar-refractivity contribution in [2.24, 2.45) is 5.92 Å². The summed E-state index contributed by atoms with van der Waals surface area (Å²) in [6.45, 7) is 1.11. The van der Waals surface area contributed by atoms with Crippen LogP contribution in [-0.2, 0) is 27.1 Å². The van der Waals surface area contributed by atoms with Crippen LogP contribution in [0.3, 0.4) is 0 Å². The molecule has 1 saturated heterocycles. The van der Waals surface area contributed by atoms with Crippen molar-refractivity contribution in [3.8, 4) is 5.69 Å². The highest BCUT2D eigenvalue weighted by Gasteiger charge is 2.31. The number of piperidine rings is 1. The summed E-state index contributed by atoms with van der Waals surface area (Å²) < 4.78 is 28.9. The fourth-order valence-electron chi connectivity index (χ4n) is 3.83. The van der Waals surface area contributed by atoms with Gasteiger partial charge in [-0.3, -0.25) is 4.79 Å². The lowest BCUT2D eigenvalue weighted by Gasteiger charge is -2.30. The smallest absolute Gasteiger partial charge is 0.223 e. The number of nitrogens with zero attached hydrogens (tertiary/aromatic N) is 3. The Labute approximate surface area is 193 Å². The summed E-state index contributed by atoms with van der Waals surface area (Å²) in [6.07, 6.45) is 6.34. The van der Waals surface area contributed by atoms with Crippen molar-refractivity contribution >= 4 is 27.5 Å². The Morgan fingerprint density at radius 3 is 2.47 bits per heavy atom. The summed E-state index contributed by atoms with van der Waals surface area (Å²) in [5.74, 6) is -0.350. The maximum absolute atomic E-state index is 12.8. The van der Waals surface area contributed by atoms with Crippen LogP contribution in [0.5, 0.6) is 0 Å². The van der Waals surface area contributed by atoms with Crippen LogP contribution in [0, 0.1) is 5.92 Å². The molecule has 0 spiro atoms. The van der Waals surface area contributed by atoms with Crippen molar-refractivity contribution in [2.45, 2.75) is 25.1 Å². The zero-order valence-electron chi connectivity index (χ0n) is 17.5. The fourth-order valence-corrected chi connectivity index (χ4v) is 5.71. The largest absolute Gasteiger partial charge is 0.352 e. The zero-order valence-corrected chi connectivity index (χ0v) is 19.1. The first kappa shape index (κ1) is 22.5. The molecule has 3 aromatic rings. The first-order valence-electron chi connectivity index (χ1n) is 10.5. The average Bonchev–Trinajstić information content (AvgIpc) is 3.34. The minimum atomic E-state index is -3.48. The molecule has 0 saturated carbocycles. The second-order valence-electron chi connectivity index (χ2n) is 7.88. The van der Waals surface area contributed by atoms with E-state index in [0.29, 0.717) is 43.1 Å². The molecule has 1 amide bonds. The first-order chi connectivity index (χ1) is 15.4. The number of hydrogen-bond donors (Lipinski definition) is 1. The van der Waals surface area contributed by atoms with Gasteiger partial charge in [-0.05, 0) is 42.2 Å². The van der Waals surface area contributed by atoms with Gasteiger partial charge in [-0.2, -0.15) is 0 Å². The molecular formula is C23H25ClN4O3S. The van der Waals surface area contributed by atoms with Gasteiger partial charge < -0.3 is 9.88 Å². The van der Waals surface area contributed by atoms with Crippen LogP contribution >= 0.6 is 11.6 Å². The van der Waals surface area contributed by atoms with Gasteiger partial charge >= 0.3 is 0 Å². The predicted octanol–water partition coefficient (Wildman–Crippen LogP) is 3.38. The molecule has 32 heavy (non-hydrogen) atoms. The van der Waals surface area contributed by atoms with E-state index in [2.05, 4.69) is 10.3 Å². The van der Waals surface area contributed by atoms with Gasteiger partial charge in [0.2, 0.25) is 15.9 Å². The van der Waals surface area contributed by atoms with Crippen LogP contribution in [-0.4, -0.2) is 41.3 Å². The molecule has 1 aromatic heterocycles. The van der Waals surface area contributed by atoms with Gasteiger partial charge in [-0.1, -0.05) is 41.9 Å². The maximum Gasteiger partial charge on any atom is 0.223 e. The monoisotopic (exact) mass is 472 g/mol. The van der Waals surface area contributed by atoms with Crippen LogP contribution in [0.15, 0.2) is 67.3 Å². The normalized spacial score (nSPS) is 15.5. The summed E-state index contributed by atoms with van der Waals surface area (Å²) in [5, 5.41) is 3.43. The number of rotatable bonds is 7. The molecule has 1 aliphatic rings. The molecule has 0 bridgehead atoms. The Morgan fingerprint density at radius 1 is 1.09 bits per heavy atom. The van der Waals surface area contributed by atoms with Gasteiger partial charge in [0.1, 0.15) is 0 Å². The number of nitrogens with one attached hydrogen (secondary N) is 1. The van der Waals surface area contributed by atoms with Crippen molar-refractivity contribution in [1.82, 2.24) is 19.2 Å². The summed E-state index contributed by atoms with van der Waals surface area (Å²) in [7, 11) is -3.48. The van der Waals surface area contributed by atoms with Crippen LogP contribution in [0.4, 0.5) is 0 Å². The van der Waals surface area contributed by atoms with Gasteiger partial charge in [0, 0.05) is 48.7 Å². The fraction of sp³-hybridized carbons (Fsp3) is 0.304. The number of amides is 1. The van der Waals surface area contributed by atoms with Gasteiger partial charge in [0.25, 0.3) is 0 Å². The minimum Gasteiger partial charge on any atom is -0.352 e. The topological polar surface area (TPSA) is 84.3 Å². The van der Waals surface area contributed by atoms with Crippen molar-refractivity contribution < 1.29 is 13.2 Å². The van der Waals surface area contributed by atoms with Gasteiger partial charge in [-0.25, -0.2) is 17.7 Å². The number of hydrogen-bond acceptors (Lipinski definition) is 4. The molecule has 0 aliphatic carbocycles. The first-order valence-corrected chi connectivity index (χ1v) is 12.5. The van der Waals surface area contributed by atoms with Crippen LogP contribution in [0.25, 0.3) is 5.69 Å². The van der Waals surface area contributed by atoms with Crippen molar-refractivity contribution in [3.63, 3.8) is 0 Å². The highest BCUT2D eigenvalue weighted by atomic mass is 35.5. The SMILES string of the molecule is O=C(NCc1ccc(-n2ccnc2)cc1)C1CCN(S(=O)(=O)Cc2ccccc2Cl)CC1. The summed E-state index contributed by atoms with van der Waals surface area (Å²) in [4.78, 5) is 16.6. The second-order valence-corrected chi connectivity index (χ2v) is 10.3. The molecule has 2 heterocycles. The van der Waals surface area contributed by atoms with E-state index in [1.807, 2.05) is 35.0 Å². The Morgan fingerprint density at radius 2 is 1.81 bits per heavy atom. The number of sulfonamides is 1. The molecule has 0 atom stereocenters. The molecule has 168 valence electrons. The van der Waals surface area contributed by atoms with E-state index in [-0.39, 0.29) is 17.6 Å². The molecule has 2 aromatic carbocycles. The predicted molar refractivity (Wildman–Crippen MR) is 124 cm³/mol. The minimum absolute atomic E-state index is 0.0353. The summed E-state index contributed by atoms with van der Waals surface area (Å²) in [5.41, 5.74) is 2.60. The maximum atomic E-state index is 12.8. The van der Waals surface area contributed by atoms with Crippen molar-refractivity contribution in [3.05, 3.63) is 83.4 Å². The highest BCUT2D eigenvalue weighted by Crippen LogP contribution is 2.24. The molecule has 9 heteroatoms. The van der Waals surface area contributed by atoms with Crippen molar-refractivity contribution in [1.29, 1.82) is 0 Å². The van der Waals surface area contributed by atoms with E-state index in [1.165, 1.54) is 4.31 Å². The molecule has 4 rings (SSSR count). The number of carbonyl (C=O) groups excluding carboxylic acids is 1. The average molecular weight is 473 g/mol. The highest BCUT2D eigenvalue weighted by molar-refractivity contribution is 7.88. The lowest BCUT2D eigenvalue weighted by molar-refractivity contribution is -0.126. The number of halogens is 1. The Balaban J connectivity index is 1.26. The third-order valence-electron chi connectivity index (χ3n) is 5.72. The van der Waals surface area contributed by atoms with E-state index in [1.54, 1.807) is 36.8 Å². The zero-order chi connectivity index (χ0) is 22.6. The van der Waals surface area contributed by atoms with Gasteiger partial charge in [0.15, 0.2) is 0 Å². The summed E-state index contributed by atoms with van der Waals surface area (Å²) in [6, 6.07) is 14.9. The number of carbonyl (C=O) groups is 1. The second kappa shape index (κ2) is 9.85. The Kier molecular flexibility index (Phi) is 6.93. The lowest BCUT2D eigenvalue weighted by Crippen LogP contribution is -2.43. The summed E-state index contributed by atoms with van der Waals surface area (Å²) >= 11 is 6.11. The van der Waals surface area contributed by atoms with Gasteiger partial charge in [0.05, 0.1) is 12.1 Å². The number of aromatic nitrogens is 2. The van der Waals surface area contributed by atoms with Crippen LogP contribution in [0.2, 0.25) is 5.02 Å². The number of benzene rings is 2. The van der Waals surface area contributed by atoms with E-state index in [0.717, 1.165) is 11.3 Å².